The largest absolute Gasteiger partial charge is 0.0887 e. The van der Waals surface area contributed by atoms with Gasteiger partial charge in [-0.05, 0) is 25.2 Å². The molecule has 0 nitrogen and oxygen atoms in total. The van der Waals surface area contributed by atoms with Gasteiger partial charge in [-0.25, -0.2) is 0 Å². The quantitative estimate of drug-likeness (QED) is 0.502. The molecule has 0 rings (SSSR count). The van der Waals surface area contributed by atoms with Gasteiger partial charge in [0.25, 0.3) is 0 Å². The van der Waals surface area contributed by atoms with E-state index in [2.05, 4.69) is 52.6 Å². The lowest BCUT2D eigenvalue weighted by Crippen LogP contribution is -2.19. The molecule has 85 valence electrons. The zero-order valence-corrected chi connectivity index (χ0v) is 12.8. The van der Waals surface area contributed by atoms with Crippen LogP contribution < -0.4 is 0 Å². The van der Waals surface area contributed by atoms with Crippen molar-refractivity contribution in [2.24, 2.45) is 5.92 Å². The van der Waals surface area contributed by atoms with Crippen molar-refractivity contribution in [3.63, 3.8) is 0 Å². The second-order valence-corrected chi connectivity index (χ2v) is 6.09. The molecular weight excluding hydrogens is 304 g/mol. The second-order valence-electron chi connectivity index (χ2n) is 3.90. The third kappa shape index (κ3) is 5.75. The maximum atomic E-state index is 3.83. The van der Waals surface area contributed by atoms with Crippen LogP contribution in [0.2, 0.25) is 0 Å². The van der Waals surface area contributed by atoms with Gasteiger partial charge in [-0.15, -0.1) is 0 Å². The van der Waals surface area contributed by atoms with E-state index in [0.717, 1.165) is 5.92 Å². The maximum Gasteiger partial charge on any atom is 0.0452 e. The molecule has 0 aliphatic carbocycles. The van der Waals surface area contributed by atoms with Crippen molar-refractivity contribution in [1.29, 1.82) is 0 Å². The standard InChI is InChI=1S/C12H23Br2/c1-4-7-10(11(13)8-5-2)12(14)9-6-3/h10-11H,4-9H2,1-3H3. The molecular formula is C12H23Br2. The molecule has 0 aliphatic rings. The third-order valence-corrected chi connectivity index (χ3v) is 4.57. The van der Waals surface area contributed by atoms with Crippen molar-refractivity contribution in [3.8, 4) is 0 Å². The van der Waals surface area contributed by atoms with Crippen molar-refractivity contribution < 1.29 is 0 Å². The summed E-state index contributed by atoms with van der Waals surface area (Å²) in [7, 11) is 0. The Kier molecular flexibility index (Phi) is 9.84. The highest BCUT2D eigenvalue weighted by atomic mass is 79.9. The van der Waals surface area contributed by atoms with Crippen molar-refractivity contribution in [1.82, 2.24) is 0 Å². The lowest BCUT2D eigenvalue weighted by Gasteiger charge is -2.26. The fraction of sp³-hybridized carbons (Fsp3) is 0.917. The van der Waals surface area contributed by atoms with Crippen molar-refractivity contribution in [3.05, 3.63) is 4.83 Å². The molecule has 0 aromatic carbocycles. The van der Waals surface area contributed by atoms with Gasteiger partial charge in [0, 0.05) is 9.65 Å². The summed E-state index contributed by atoms with van der Waals surface area (Å²) in [6.07, 6.45) is 7.58. The van der Waals surface area contributed by atoms with Crippen molar-refractivity contribution in [2.75, 3.05) is 0 Å². The van der Waals surface area contributed by atoms with Crippen LogP contribution in [0.4, 0.5) is 0 Å². The van der Waals surface area contributed by atoms with Gasteiger partial charge in [-0.1, -0.05) is 71.9 Å². The molecule has 0 bridgehead atoms. The van der Waals surface area contributed by atoms with Gasteiger partial charge in [-0.2, -0.15) is 0 Å². The fourth-order valence-electron chi connectivity index (χ4n) is 1.75. The monoisotopic (exact) mass is 325 g/mol. The Morgan fingerprint density at radius 1 is 1.00 bits per heavy atom. The predicted octanol–water partition coefficient (Wildman–Crippen LogP) is 5.69. The first kappa shape index (κ1) is 15.0. The van der Waals surface area contributed by atoms with Crippen molar-refractivity contribution in [2.45, 2.75) is 64.1 Å². The first-order chi connectivity index (χ1) is 6.67. The van der Waals surface area contributed by atoms with Gasteiger partial charge in [0.15, 0.2) is 0 Å². The zero-order valence-electron chi connectivity index (χ0n) is 9.65. The van der Waals surface area contributed by atoms with Crippen LogP contribution in [0.5, 0.6) is 0 Å². The van der Waals surface area contributed by atoms with Gasteiger partial charge >= 0.3 is 0 Å². The Morgan fingerprint density at radius 2 is 1.57 bits per heavy atom. The van der Waals surface area contributed by atoms with E-state index in [-0.39, 0.29) is 0 Å². The molecule has 14 heavy (non-hydrogen) atoms. The predicted molar refractivity (Wildman–Crippen MR) is 73.1 cm³/mol. The lowest BCUT2D eigenvalue weighted by molar-refractivity contribution is 0.477. The third-order valence-electron chi connectivity index (χ3n) is 2.49. The minimum Gasteiger partial charge on any atom is -0.0887 e. The highest BCUT2D eigenvalue weighted by Gasteiger charge is 2.24. The van der Waals surface area contributed by atoms with Gasteiger partial charge in [0.05, 0.1) is 0 Å². The first-order valence-electron chi connectivity index (χ1n) is 5.82. The van der Waals surface area contributed by atoms with Gasteiger partial charge in [0.2, 0.25) is 0 Å². The smallest absolute Gasteiger partial charge is 0.0452 e. The van der Waals surface area contributed by atoms with Crippen molar-refractivity contribution >= 4 is 31.9 Å². The zero-order chi connectivity index (χ0) is 11.0. The Hall–Kier alpha value is 0.960. The van der Waals surface area contributed by atoms with Crippen LogP contribution in [0.15, 0.2) is 0 Å². The minimum absolute atomic E-state index is 0.661. The lowest BCUT2D eigenvalue weighted by atomic mass is 9.92. The van der Waals surface area contributed by atoms with E-state index in [4.69, 9.17) is 0 Å². The summed E-state index contributed by atoms with van der Waals surface area (Å²) in [6, 6.07) is 0. The molecule has 0 aromatic rings. The first-order valence-corrected chi connectivity index (χ1v) is 7.53. The van der Waals surface area contributed by atoms with Crippen LogP contribution >= 0.6 is 31.9 Å². The average Bonchev–Trinajstić information content (AvgIpc) is 2.14. The second kappa shape index (κ2) is 9.21. The van der Waals surface area contributed by atoms with Gasteiger partial charge in [-0.3, -0.25) is 0 Å². The highest BCUT2D eigenvalue weighted by molar-refractivity contribution is 9.11. The molecule has 1 radical (unpaired) electrons. The number of hydrogen-bond acceptors (Lipinski definition) is 0. The van der Waals surface area contributed by atoms with Crippen LogP contribution in [0.1, 0.15) is 59.3 Å². The Balaban J connectivity index is 4.10. The van der Waals surface area contributed by atoms with E-state index in [1.54, 1.807) is 0 Å². The minimum atomic E-state index is 0.661. The maximum absolute atomic E-state index is 3.83. The van der Waals surface area contributed by atoms with Crippen LogP contribution in [0.3, 0.4) is 0 Å². The molecule has 0 saturated heterocycles. The summed E-state index contributed by atoms with van der Waals surface area (Å²) >= 11 is 7.59. The van der Waals surface area contributed by atoms with Crippen LogP contribution in [-0.2, 0) is 0 Å². The molecule has 0 aliphatic heterocycles. The van der Waals surface area contributed by atoms with E-state index in [0.29, 0.717) is 4.83 Å². The van der Waals surface area contributed by atoms with Gasteiger partial charge in [0.1, 0.15) is 0 Å². The Morgan fingerprint density at radius 3 is 2.00 bits per heavy atom. The highest BCUT2D eigenvalue weighted by Crippen LogP contribution is 2.37. The summed E-state index contributed by atoms with van der Waals surface area (Å²) in [5, 5.41) is 0. The molecule has 0 aromatic heterocycles. The molecule has 2 heteroatoms. The molecule has 0 spiro atoms. The van der Waals surface area contributed by atoms with Gasteiger partial charge < -0.3 is 0 Å². The van der Waals surface area contributed by atoms with E-state index in [1.165, 1.54) is 43.4 Å². The van der Waals surface area contributed by atoms with E-state index >= 15 is 0 Å². The van der Waals surface area contributed by atoms with Crippen LogP contribution in [0, 0.1) is 10.7 Å². The molecule has 0 amide bonds. The summed E-state index contributed by atoms with van der Waals surface area (Å²) < 4.78 is 0. The summed E-state index contributed by atoms with van der Waals surface area (Å²) in [6.45, 7) is 6.77. The summed E-state index contributed by atoms with van der Waals surface area (Å²) in [5.74, 6) is 0.722. The Labute approximate surface area is 106 Å². The Bertz CT molecular complexity index is 113. The number of hydrogen-bond donors (Lipinski definition) is 0. The molecule has 0 fully saturated rings. The van der Waals surface area contributed by atoms with E-state index < -0.39 is 0 Å². The molecule has 0 N–H and O–H groups in total. The molecule has 2 atom stereocenters. The normalized spacial score (nSPS) is 15.9. The van der Waals surface area contributed by atoms with Crippen LogP contribution in [-0.4, -0.2) is 4.83 Å². The molecule has 2 unspecified atom stereocenters. The average molecular weight is 327 g/mol. The fourth-order valence-corrected chi connectivity index (χ4v) is 4.09. The number of alkyl halides is 1. The number of rotatable bonds is 8. The van der Waals surface area contributed by atoms with E-state index in [9.17, 15) is 0 Å². The molecule has 0 heterocycles. The topological polar surface area (TPSA) is 0 Å². The summed E-state index contributed by atoms with van der Waals surface area (Å²) in [4.78, 5) is 2.17. The summed E-state index contributed by atoms with van der Waals surface area (Å²) in [5.41, 5.74) is 0. The van der Waals surface area contributed by atoms with E-state index in [1.807, 2.05) is 0 Å². The van der Waals surface area contributed by atoms with Crippen LogP contribution in [0.25, 0.3) is 0 Å². The SMILES string of the molecule is CCC[C](Br)C(CCC)C(Br)CCC. The number of halogens is 2. The molecule has 0 saturated carbocycles.